The lowest BCUT2D eigenvalue weighted by molar-refractivity contribution is 0.102. The number of nitrogens with two attached hydrogens (primary N) is 1. The Hall–Kier alpha value is -3.11. The number of H-pyrrole nitrogens is 1. The topological polar surface area (TPSA) is 125 Å². The van der Waals surface area contributed by atoms with Gasteiger partial charge in [-0.15, -0.1) is 0 Å². The first kappa shape index (κ1) is 20.6. The molecular weight excluding hydrogens is 394 g/mol. The Labute approximate surface area is 170 Å². The van der Waals surface area contributed by atoms with E-state index in [4.69, 9.17) is 10.5 Å². The van der Waals surface area contributed by atoms with Crippen LogP contribution in [0.15, 0.2) is 51.4 Å². The summed E-state index contributed by atoms with van der Waals surface area (Å²) in [5, 5.41) is 0.603. The molecule has 1 aromatic carbocycles. The second-order valence-corrected chi connectivity index (χ2v) is 7.24. The second-order valence-electron chi connectivity index (χ2n) is 6.29. The molecule has 3 N–H and O–H groups in total. The number of Topliss-reactive ketones (excluding diaryl/α,β-unsaturated/α-hetero) is 1. The summed E-state index contributed by atoms with van der Waals surface area (Å²) in [4.78, 5) is 43.3. The minimum Gasteiger partial charge on any atom is -0.384 e. The molecule has 0 saturated heterocycles. The largest absolute Gasteiger partial charge is 0.384 e. The van der Waals surface area contributed by atoms with Gasteiger partial charge in [-0.25, -0.2) is 9.78 Å². The summed E-state index contributed by atoms with van der Waals surface area (Å²) in [5.41, 5.74) is 6.26. The molecule has 2 aromatic heterocycles. The van der Waals surface area contributed by atoms with Gasteiger partial charge in [-0.05, 0) is 24.6 Å². The lowest BCUT2D eigenvalue weighted by Gasteiger charge is -2.12. The molecule has 0 aliphatic carbocycles. The zero-order valence-corrected chi connectivity index (χ0v) is 16.9. The number of hydrogen-bond acceptors (Lipinski definition) is 7. The van der Waals surface area contributed by atoms with E-state index in [1.165, 1.54) is 18.9 Å². The molecule has 0 aliphatic heterocycles. The zero-order chi connectivity index (χ0) is 21.0. The fraction of sp³-hybridized carbons (Fsp3) is 0.263. The number of nitrogens with one attached hydrogen (secondary N) is 1. The Bertz CT molecular complexity index is 1150. The predicted octanol–water partition coefficient (Wildman–Crippen LogP) is 1.23. The van der Waals surface area contributed by atoms with E-state index < -0.39 is 17.0 Å². The SMILES string of the molecule is COCCn1c(N)c(C(=O)CSc2nccn2-c2cccc(C)c2)c(=O)[nH]c1=O. The van der Waals surface area contributed by atoms with E-state index >= 15 is 0 Å². The first-order valence-corrected chi connectivity index (χ1v) is 9.79. The van der Waals surface area contributed by atoms with Crippen molar-refractivity contribution in [3.8, 4) is 5.69 Å². The average molecular weight is 415 g/mol. The number of anilines is 1. The normalized spacial score (nSPS) is 11.0. The summed E-state index contributed by atoms with van der Waals surface area (Å²) in [6, 6.07) is 7.87. The van der Waals surface area contributed by atoms with Gasteiger partial charge in [-0.2, -0.15) is 0 Å². The van der Waals surface area contributed by atoms with Gasteiger partial charge in [0.05, 0.1) is 18.9 Å². The third kappa shape index (κ3) is 4.49. The van der Waals surface area contributed by atoms with Gasteiger partial charge in [0.15, 0.2) is 10.9 Å². The third-order valence-corrected chi connectivity index (χ3v) is 5.22. The van der Waals surface area contributed by atoms with Crippen molar-refractivity contribution in [2.45, 2.75) is 18.6 Å². The van der Waals surface area contributed by atoms with Crippen LogP contribution in [0.4, 0.5) is 5.82 Å². The number of thioether (sulfide) groups is 1. The molecule has 3 rings (SSSR count). The predicted molar refractivity (Wildman–Crippen MR) is 111 cm³/mol. The average Bonchev–Trinajstić information content (AvgIpc) is 3.14. The molecule has 0 spiro atoms. The highest BCUT2D eigenvalue weighted by atomic mass is 32.2. The van der Waals surface area contributed by atoms with E-state index in [1.54, 1.807) is 12.4 Å². The molecule has 9 nitrogen and oxygen atoms in total. The number of ether oxygens (including phenoxy) is 1. The number of nitrogens with zero attached hydrogens (tertiary/aromatic N) is 3. The zero-order valence-electron chi connectivity index (χ0n) is 16.0. The van der Waals surface area contributed by atoms with Gasteiger partial charge in [0.1, 0.15) is 11.4 Å². The lowest BCUT2D eigenvalue weighted by Crippen LogP contribution is -2.37. The molecule has 29 heavy (non-hydrogen) atoms. The number of ketones is 1. The van der Waals surface area contributed by atoms with Crippen molar-refractivity contribution < 1.29 is 9.53 Å². The van der Waals surface area contributed by atoms with Crippen molar-refractivity contribution in [1.82, 2.24) is 19.1 Å². The molecule has 3 aromatic rings. The van der Waals surface area contributed by atoms with Crippen LogP contribution in [0, 0.1) is 6.92 Å². The maximum Gasteiger partial charge on any atom is 0.330 e. The number of imidazole rings is 1. The van der Waals surface area contributed by atoms with Crippen molar-refractivity contribution in [2.75, 3.05) is 25.2 Å². The van der Waals surface area contributed by atoms with Gasteiger partial charge in [0, 0.05) is 25.2 Å². The number of aromatic nitrogens is 4. The Kier molecular flexibility index (Phi) is 6.35. The molecule has 0 radical (unpaired) electrons. The van der Waals surface area contributed by atoms with Crippen molar-refractivity contribution in [3.63, 3.8) is 0 Å². The molecule has 10 heteroatoms. The first-order chi connectivity index (χ1) is 13.9. The number of aromatic amines is 1. The van der Waals surface area contributed by atoms with E-state index in [9.17, 15) is 14.4 Å². The summed E-state index contributed by atoms with van der Waals surface area (Å²) in [7, 11) is 1.48. The number of rotatable bonds is 8. The van der Waals surface area contributed by atoms with Crippen molar-refractivity contribution in [1.29, 1.82) is 0 Å². The Morgan fingerprint density at radius 3 is 2.86 bits per heavy atom. The fourth-order valence-electron chi connectivity index (χ4n) is 2.83. The summed E-state index contributed by atoms with van der Waals surface area (Å²) in [6.45, 7) is 2.33. The smallest absolute Gasteiger partial charge is 0.330 e. The van der Waals surface area contributed by atoms with Crippen LogP contribution in [0.2, 0.25) is 0 Å². The summed E-state index contributed by atoms with van der Waals surface area (Å²) in [6.07, 6.45) is 3.44. The van der Waals surface area contributed by atoms with Crippen LogP contribution in [0.3, 0.4) is 0 Å². The highest BCUT2D eigenvalue weighted by Crippen LogP contribution is 2.22. The van der Waals surface area contributed by atoms with Gasteiger partial charge in [0.25, 0.3) is 5.56 Å². The Balaban J connectivity index is 1.83. The van der Waals surface area contributed by atoms with Crippen LogP contribution in [0.5, 0.6) is 0 Å². The van der Waals surface area contributed by atoms with Crippen LogP contribution in [-0.4, -0.2) is 44.4 Å². The number of methoxy groups -OCH3 is 1. The maximum absolute atomic E-state index is 12.7. The number of nitrogen functional groups attached to an aromatic ring is 1. The highest BCUT2D eigenvalue weighted by molar-refractivity contribution is 7.99. The number of carbonyl (C=O) groups is 1. The highest BCUT2D eigenvalue weighted by Gasteiger charge is 2.20. The van der Waals surface area contributed by atoms with Gasteiger partial charge in [0.2, 0.25) is 0 Å². The van der Waals surface area contributed by atoms with E-state index in [1.807, 2.05) is 35.8 Å². The van der Waals surface area contributed by atoms with Crippen molar-refractivity contribution >= 4 is 23.4 Å². The van der Waals surface area contributed by atoms with Crippen LogP contribution in [0.25, 0.3) is 5.69 Å². The summed E-state index contributed by atoms with van der Waals surface area (Å²) < 4.78 is 7.92. The Morgan fingerprint density at radius 1 is 1.34 bits per heavy atom. The van der Waals surface area contributed by atoms with E-state index in [0.717, 1.165) is 15.8 Å². The van der Waals surface area contributed by atoms with Crippen LogP contribution in [-0.2, 0) is 11.3 Å². The molecule has 152 valence electrons. The monoisotopic (exact) mass is 415 g/mol. The van der Waals surface area contributed by atoms with Gasteiger partial charge in [-0.1, -0.05) is 23.9 Å². The Morgan fingerprint density at radius 2 is 2.14 bits per heavy atom. The van der Waals surface area contributed by atoms with Crippen molar-refractivity contribution in [2.24, 2.45) is 0 Å². The molecule has 0 saturated carbocycles. The molecular formula is C19H21N5O4S. The number of hydrogen-bond donors (Lipinski definition) is 2. The summed E-state index contributed by atoms with van der Waals surface area (Å²) in [5.74, 6) is -0.708. The van der Waals surface area contributed by atoms with Crippen LogP contribution < -0.4 is 17.0 Å². The van der Waals surface area contributed by atoms with Crippen LogP contribution in [0.1, 0.15) is 15.9 Å². The lowest BCUT2D eigenvalue weighted by atomic mass is 10.2. The molecule has 0 aliphatic rings. The quantitative estimate of drug-likeness (QED) is 0.419. The van der Waals surface area contributed by atoms with Gasteiger partial charge in [-0.3, -0.25) is 23.7 Å². The van der Waals surface area contributed by atoms with E-state index in [2.05, 4.69) is 9.97 Å². The molecule has 0 fully saturated rings. The van der Waals surface area contributed by atoms with Gasteiger partial charge >= 0.3 is 5.69 Å². The molecule has 2 heterocycles. The first-order valence-electron chi connectivity index (χ1n) is 8.80. The number of carbonyl (C=O) groups excluding carboxylic acids is 1. The minimum atomic E-state index is -0.797. The van der Waals surface area contributed by atoms with Gasteiger partial charge < -0.3 is 10.5 Å². The molecule has 0 atom stereocenters. The fourth-order valence-corrected chi connectivity index (χ4v) is 3.68. The molecule has 0 bridgehead atoms. The minimum absolute atomic E-state index is 0.0570. The van der Waals surface area contributed by atoms with E-state index in [0.29, 0.717) is 5.16 Å². The van der Waals surface area contributed by atoms with Crippen LogP contribution >= 0.6 is 11.8 Å². The molecule has 0 unspecified atom stereocenters. The standard InChI is InChI=1S/C19H21N5O4S/c1-12-4-3-5-13(10-12)23-7-6-21-19(23)29-11-14(25)15-16(20)24(8-9-28-2)18(27)22-17(15)26/h3-7,10H,8-9,11,20H2,1-2H3,(H,22,26,27). The maximum atomic E-state index is 12.7. The number of benzene rings is 1. The van der Waals surface area contributed by atoms with Crippen molar-refractivity contribution in [3.05, 3.63) is 68.6 Å². The van der Waals surface area contributed by atoms with E-state index in [-0.39, 0.29) is 30.3 Å². The summed E-state index contributed by atoms with van der Waals surface area (Å²) >= 11 is 1.18. The molecule has 0 amide bonds. The second kappa shape index (κ2) is 8.93. The number of aryl methyl sites for hydroxylation is 1. The third-order valence-electron chi connectivity index (χ3n) is 4.26.